The predicted octanol–water partition coefficient (Wildman–Crippen LogP) is 4.83. The van der Waals surface area contributed by atoms with Gasteiger partial charge in [0.05, 0.1) is 5.02 Å². The van der Waals surface area contributed by atoms with E-state index in [2.05, 4.69) is 30.4 Å². The topological polar surface area (TPSA) is 12.0 Å². The molecule has 1 aliphatic carbocycles. The molecule has 0 saturated heterocycles. The number of hydrogen-bond acceptors (Lipinski definition) is 2. The summed E-state index contributed by atoms with van der Waals surface area (Å²) in [5.74, 6) is 0.977. The fraction of sp³-hybridized carbons (Fsp3) is 0.467. The Labute approximate surface area is 117 Å². The minimum atomic E-state index is 0.596. The largest absolute Gasteiger partial charge is 0.309 e. The van der Waals surface area contributed by atoms with Crippen LogP contribution in [0, 0.1) is 5.92 Å². The van der Waals surface area contributed by atoms with E-state index < -0.39 is 0 Å². The standard InChI is InChI=1S/C15H18ClNS/c1-10(8-11-6-7-11)17-9-14-15(16)12-4-2-3-5-13(12)18-14/h2-5,10-11,17H,6-9H2,1H3. The third-order valence-corrected chi connectivity index (χ3v) is 5.31. The molecule has 1 heterocycles. The molecule has 96 valence electrons. The van der Waals surface area contributed by atoms with Crippen LogP contribution in [0.2, 0.25) is 5.02 Å². The molecule has 1 atom stereocenters. The van der Waals surface area contributed by atoms with Crippen molar-refractivity contribution in [3.63, 3.8) is 0 Å². The van der Waals surface area contributed by atoms with Gasteiger partial charge in [-0.05, 0) is 25.3 Å². The molecule has 3 rings (SSSR count). The van der Waals surface area contributed by atoms with E-state index in [0.29, 0.717) is 6.04 Å². The number of nitrogens with one attached hydrogen (secondary N) is 1. The lowest BCUT2D eigenvalue weighted by Gasteiger charge is -2.12. The third-order valence-electron chi connectivity index (χ3n) is 3.60. The van der Waals surface area contributed by atoms with Crippen LogP contribution in [0.1, 0.15) is 31.1 Å². The van der Waals surface area contributed by atoms with Gasteiger partial charge in [0.25, 0.3) is 0 Å². The number of halogens is 1. The molecule has 1 fully saturated rings. The lowest BCUT2D eigenvalue weighted by Crippen LogP contribution is -2.25. The maximum Gasteiger partial charge on any atom is 0.0636 e. The summed E-state index contributed by atoms with van der Waals surface area (Å²) in [5, 5.41) is 5.72. The van der Waals surface area contributed by atoms with Crippen LogP contribution < -0.4 is 5.32 Å². The van der Waals surface area contributed by atoms with E-state index in [1.165, 1.54) is 34.2 Å². The van der Waals surface area contributed by atoms with E-state index in [4.69, 9.17) is 11.6 Å². The van der Waals surface area contributed by atoms with Crippen molar-refractivity contribution >= 4 is 33.0 Å². The molecule has 3 heteroatoms. The first-order valence-electron chi connectivity index (χ1n) is 6.63. The van der Waals surface area contributed by atoms with Crippen LogP contribution in [-0.2, 0) is 6.54 Å². The predicted molar refractivity (Wildman–Crippen MR) is 80.5 cm³/mol. The van der Waals surface area contributed by atoms with Crippen LogP contribution in [0.4, 0.5) is 0 Å². The Morgan fingerprint density at radius 3 is 2.89 bits per heavy atom. The highest BCUT2D eigenvalue weighted by atomic mass is 35.5. The van der Waals surface area contributed by atoms with E-state index in [9.17, 15) is 0 Å². The Balaban J connectivity index is 1.68. The Morgan fingerprint density at radius 1 is 1.39 bits per heavy atom. The highest BCUT2D eigenvalue weighted by molar-refractivity contribution is 7.19. The van der Waals surface area contributed by atoms with Crippen molar-refractivity contribution in [1.82, 2.24) is 5.32 Å². The van der Waals surface area contributed by atoms with E-state index in [-0.39, 0.29) is 0 Å². The van der Waals surface area contributed by atoms with Gasteiger partial charge in [0.15, 0.2) is 0 Å². The minimum Gasteiger partial charge on any atom is -0.309 e. The zero-order chi connectivity index (χ0) is 12.5. The van der Waals surface area contributed by atoms with Crippen LogP contribution >= 0.6 is 22.9 Å². The van der Waals surface area contributed by atoms with Gasteiger partial charge < -0.3 is 5.32 Å². The van der Waals surface area contributed by atoms with Crippen LogP contribution in [0.25, 0.3) is 10.1 Å². The molecule has 2 aromatic rings. The summed E-state index contributed by atoms with van der Waals surface area (Å²) in [4.78, 5) is 1.26. The van der Waals surface area contributed by atoms with Gasteiger partial charge >= 0.3 is 0 Å². The first-order chi connectivity index (χ1) is 8.74. The second kappa shape index (κ2) is 5.20. The first kappa shape index (κ1) is 12.5. The van der Waals surface area contributed by atoms with Crippen molar-refractivity contribution in [2.45, 2.75) is 38.8 Å². The average molecular weight is 280 g/mol. The van der Waals surface area contributed by atoms with Gasteiger partial charge in [0.1, 0.15) is 0 Å². The first-order valence-corrected chi connectivity index (χ1v) is 7.83. The smallest absolute Gasteiger partial charge is 0.0636 e. The average Bonchev–Trinajstić information content (AvgIpc) is 3.12. The highest BCUT2D eigenvalue weighted by Crippen LogP contribution is 2.36. The van der Waals surface area contributed by atoms with Crippen LogP contribution in [0.15, 0.2) is 24.3 Å². The Hall–Kier alpha value is -0.570. The number of rotatable bonds is 5. The van der Waals surface area contributed by atoms with Gasteiger partial charge in [-0.1, -0.05) is 42.6 Å². The zero-order valence-corrected chi connectivity index (χ0v) is 12.2. The fourth-order valence-electron chi connectivity index (χ4n) is 2.38. The monoisotopic (exact) mass is 279 g/mol. The van der Waals surface area contributed by atoms with Crippen molar-refractivity contribution in [3.8, 4) is 0 Å². The molecular formula is C15H18ClNS. The third kappa shape index (κ3) is 2.71. The van der Waals surface area contributed by atoms with Crippen molar-refractivity contribution in [2.24, 2.45) is 5.92 Å². The molecule has 1 saturated carbocycles. The zero-order valence-electron chi connectivity index (χ0n) is 10.6. The molecule has 1 nitrogen and oxygen atoms in total. The molecule has 1 aromatic heterocycles. The van der Waals surface area contributed by atoms with Gasteiger partial charge in [0.2, 0.25) is 0 Å². The van der Waals surface area contributed by atoms with Crippen LogP contribution in [-0.4, -0.2) is 6.04 Å². The van der Waals surface area contributed by atoms with E-state index >= 15 is 0 Å². The number of hydrogen-bond donors (Lipinski definition) is 1. The minimum absolute atomic E-state index is 0.596. The summed E-state index contributed by atoms with van der Waals surface area (Å²) in [6.45, 7) is 3.17. The molecule has 0 radical (unpaired) electrons. The van der Waals surface area contributed by atoms with E-state index in [1.54, 1.807) is 11.3 Å². The normalized spacial score (nSPS) is 17.2. The second-order valence-corrected chi connectivity index (χ2v) is 6.81. The van der Waals surface area contributed by atoms with Gasteiger partial charge in [-0.15, -0.1) is 11.3 Å². The molecule has 0 bridgehead atoms. The summed E-state index contributed by atoms with van der Waals surface area (Å²) >= 11 is 8.24. The number of thiophene rings is 1. The van der Waals surface area contributed by atoms with Crippen molar-refractivity contribution < 1.29 is 0 Å². The summed E-state index contributed by atoms with van der Waals surface area (Å²) in [6.07, 6.45) is 4.16. The molecule has 0 aliphatic heterocycles. The maximum absolute atomic E-state index is 6.43. The molecule has 1 aromatic carbocycles. The highest BCUT2D eigenvalue weighted by Gasteiger charge is 2.23. The molecule has 18 heavy (non-hydrogen) atoms. The molecule has 0 amide bonds. The molecule has 0 spiro atoms. The van der Waals surface area contributed by atoms with Gasteiger partial charge in [-0.2, -0.15) is 0 Å². The summed E-state index contributed by atoms with van der Waals surface area (Å²) in [6, 6.07) is 8.96. The molecule has 1 N–H and O–H groups in total. The lowest BCUT2D eigenvalue weighted by molar-refractivity contribution is 0.490. The summed E-state index contributed by atoms with van der Waals surface area (Å²) in [5.41, 5.74) is 0. The van der Waals surface area contributed by atoms with Gasteiger partial charge in [-0.3, -0.25) is 0 Å². The molecule has 1 unspecified atom stereocenters. The lowest BCUT2D eigenvalue weighted by atomic mass is 10.1. The van der Waals surface area contributed by atoms with Crippen molar-refractivity contribution in [1.29, 1.82) is 0 Å². The van der Waals surface area contributed by atoms with E-state index in [1.807, 2.05) is 6.07 Å². The Bertz CT molecular complexity index is 544. The molecular weight excluding hydrogens is 262 g/mol. The van der Waals surface area contributed by atoms with Gasteiger partial charge in [0, 0.05) is 27.5 Å². The summed E-state index contributed by atoms with van der Waals surface area (Å²) < 4.78 is 1.29. The molecule has 1 aliphatic rings. The maximum atomic E-state index is 6.43. The Morgan fingerprint density at radius 2 is 2.17 bits per heavy atom. The number of benzene rings is 1. The summed E-state index contributed by atoms with van der Waals surface area (Å²) in [7, 11) is 0. The Kier molecular flexibility index (Phi) is 3.60. The second-order valence-electron chi connectivity index (χ2n) is 5.30. The van der Waals surface area contributed by atoms with Crippen molar-refractivity contribution in [3.05, 3.63) is 34.2 Å². The van der Waals surface area contributed by atoms with Crippen LogP contribution in [0.5, 0.6) is 0 Å². The number of fused-ring (bicyclic) bond motifs is 1. The van der Waals surface area contributed by atoms with Crippen LogP contribution in [0.3, 0.4) is 0 Å². The quantitative estimate of drug-likeness (QED) is 0.826. The van der Waals surface area contributed by atoms with E-state index in [0.717, 1.165) is 17.5 Å². The van der Waals surface area contributed by atoms with Crippen molar-refractivity contribution in [2.75, 3.05) is 0 Å². The SMILES string of the molecule is CC(CC1CC1)NCc1sc2ccccc2c1Cl. The van der Waals surface area contributed by atoms with Gasteiger partial charge in [-0.25, -0.2) is 0 Å². The fourth-order valence-corrected chi connectivity index (χ4v) is 3.83.